The molecule has 0 amide bonds. The Morgan fingerprint density at radius 3 is 2.38 bits per heavy atom. The minimum atomic E-state index is -3.04. The molecule has 0 saturated carbocycles. The molecule has 0 bridgehead atoms. The Kier molecular flexibility index (Phi) is 5.73. The lowest BCUT2D eigenvalue weighted by atomic mass is 10.2. The van der Waals surface area contributed by atoms with Crippen LogP contribution < -0.4 is 0 Å². The summed E-state index contributed by atoms with van der Waals surface area (Å²) in [6.45, 7) is 0.543. The summed E-state index contributed by atoms with van der Waals surface area (Å²) in [4.78, 5) is 0. The molecule has 5 nitrogen and oxygen atoms in total. The maximum absolute atomic E-state index is 13.2. The zero-order valence-corrected chi connectivity index (χ0v) is 15.8. The molecule has 8 heteroatoms. The zero-order valence-electron chi connectivity index (χ0n) is 14.2. The molecular formula is C18H18FN3O2S2. The van der Waals surface area contributed by atoms with Gasteiger partial charge in [0.05, 0.1) is 12.3 Å². The van der Waals surface area contributed by atoms with E-state index in [-0.39, 0.29) is 11.6 Å². The van der Waals surface area contributed by atoms with E-state index in [1.807, 2.05) is 34.9 Å². The van der Waals surface area contributed by atoms with Crippen LogP contribution in [0.2, 0.25) is 0 Å². The standard InChI is InChI=1S/C18H18FN3O2S2/c1-26(23,24)12-11-25-18-21-20-17(15-7-9-16(19)10-8-15)22(18)13-14-5-3-2-4-6-14/h2-10H,11-13H2,1H3. The first kappa shape index (κ1) is 18.6. The molecule has 0 aliphatic carbocycles. The predicted octanol–water partition coefficient (Wildman–Crippen LogP) is 3.27. The second-order valence-corrected chi connectivity index (χ2v) is 9.18. The van der Waals surface area contributed by atoms with Gasteiger partial charge in [-0.05, 0) is 29.8 Å². The average Bonchev–Trinajstić information content (AvgIpc) is 2.98. The molecule has 0 N–H and O–H groups in total. The highest BCUT2D eigenvalue weighted by atomic mass is 32.2. The van der Waals surface area contributed by atoms with Gasteiger partial charge in [-0.2, -0.15) is 0 Å². The second-order valence-electron chi connectivity index (χ2n) is 5.86. The Hall–Kier alpha value is -2.19. The number of hydrogen-bond donors (Lipinski definition) is 0. The number of rotatable bonds is 7. The SMILES string of the molecule is CS(=O)(=O)CCSc1nnc(-c2ccc(F)cc2)n1Cc1ccccc1. The van der Waals surface area contributed by atoms with Crippen molar-refractivity contribution >= 4 is 21.6 Å². The summed E-state index contributed by atoms with van der Waals surface area (Å²) in [5.74, 6) is 0.776. The normalized spacial score (nSPS) is 11.6. The maximum Gasteiger partial charge on any atom is 0.191 e. The minimum Gasteiger partial charge on any atom is -0.298 e. The molecule has 3 rings (SSSR count). The summed E-state index contributed by atoms with van der Waals surface area (Å²) in [6.07, 6.45) is 1.21. The van der Waals surface area contributed by atoms with Crippen LogP contribution in [0.1, 0.15) is 5.56 Å². The van der Waals surface area contributed by atoms with Crippen molar-refractivity contribution in [2.75, 3.05) is 17.8 Å². The number of halogens is 1. The van der Waals surface area contributed by atoms with Crippen molar-refractivity contribution in [3.8, 4) is 11.4 Å². The number of thioether (sulfide) groups is 1. The lowest BCUT2D eigenvalue weighted by molar-refractivity contribution is 0.603. The number of nitrogens with zero attached hydrogens (tertiary/aromatic N) is 3. The highest BCUT2D eigenvalue weighted by Crippen LogP contribution is 2.25. The van der Waals surface area contributed by atoms with Crippen LogP contribution in [0, 0.1) is 5.82 Å². The van der Waals surface area contributed by atoms with E-state index >= 15 is 0 Å². The van der Waals surface area contributed by atoms with Crippen molar-refractivity contribution < 1.29 is 12.8 Å². The van der Waals surface area contributed by atoms with E-state index in [0.29, 0.717) is 23.3 Å². The summed E-state index contributed by atoms with van der Waals surface area (Å²) >= 11 is 1.35. The zero-order chi connectivity index (χ0) is 18.6. The van der Waals surface area contributed by atoms with Gasteiger partial charge in [-0.1, -0.05) is 42.1 Å². The van der Waals surface area contributed by atoms with Gasteiger partial charge in [-0.15, -0.1) is 10.2 Å². The largest absolute Gasteiger partial charge is 0.298 e. The van der Waals surface area contributed by atoms with E-state index in [1.165, 1.54) is 30.2 Å². The van der Waals surface area contributed by atoms with Crippen molar-refractivity contribution in [2.24, 2.45) is 0 Å². The van der Waals surface area contributed by atoms with Crippen molar-refractivity contribution in [1.29, 1.82) is 0 Å². The summed E-state index contributed by atoms with van der Waals surface area (Å²) < 4.78 is 37.9. The Labute approximate surface area is 156 Å². The van der Waals surface area contributed by atoms with E-state index in [9.17, 15) is 12.8 Å². The Bertz CT molecular complexity index is 971. The number of aromatic nitrogens is 3. The fourth-order valence-electron chi connectivity index (χ4n) is 2.40. The first-order valence-electron chi connectivity index (χ1n) is 7.96. The molecular weight excluding hydrogens is 373 g/mol. The fourth-order valence-corrected chi connectivity index (χ4v) is 4.53. The van der Waals surface area contributed by atoms with Gasteiger partial charge in [-0.25, -0.2) is 12.8 Å². The summed E-state index contributed by atoms with van der Waals surface area (Å²) in [7, 11) is -3.04. The van der Waals surface area contributed by atoms with E-state index < -0.39 is 9.84 Å². The van der Waals surface area contributed by atoms with Crippen LogP contribution >= 0.6 is 11.8 Å². The Morgan fingerprint density at radius 2 is 1.73 bits per heavy atom. The molecule has 2 aromatic carbocycles. The second kappa shape index (κ2) is 8.01. The van der Waals surface area contributed by atoms with Crippen molar-refractivity contribution in [2.45, 2.75) is 11.7 Å². The lowest BCUT2D eigenvalue weighted by Crippen LogP contribution is -2.08. The minimum absolute atomic E-state index is 0.0712. The van der Waals surface area contributed by atoms with E-state index in [1.54, 1.807) is 12.1 Å². The summed E-state index contributed by atoms with van der Waals surface area (Å²) in [5, 5.41) is 9.10. The number of benzene rings is 2. The third kappa shape index (κ3) is 4.92. The summed E-state index contributed by atoms with van der Waals surface area (Å²) in [6, 6.07) is 15.9. The third-order valence-electron chi connectivity index (χ3n) is 3.69. The molecule has 26 heavy (non-hydrogen) atoms. The quantitative estimate of drug-likeness (QED) is 0.579. The maximum atomic E-state index is 13.2. The van der Waals surface area contributed by atoms with Crippen LogP contribution in [-0.2, 0) is 16.4 Å². The lowest BCUT2D eigenvalue weighted by Gasteiger charge is -2.10. The van der Waals surface area contributed by atoms with Crippen molar-refractivity contribution in [1.82, 2.24) is 14.8 Å². The molecule has 1 heterocycles. The van der Waals surface area contributed by atoms with Crippen LogP contribution in [0.3, 0.4) is 0 Å². The number of hydrogen-bond acceptors (Lipinski definition) is 5. The molecule has 0 radical (unpaired) electrons. The molecule has 3 aromatic rings. The molecule has 0 saturated heterocycles. The molecule has 0 fully saturated rings. The highest BCUT2D eigenvalue weighted by molar-refractivity contribution is 8.00. The average molecular weight is 391 g/mol. The van der Waals surface area contributed by atoms with Crippen molar-refractivity contribution in [3.05, 3.63) is 66.0 Å². The van der Waals surface area contributed by atoms with Crippen molar-refractivity contribution in [3.63, 3.8) is 0 Å². The Morgan fingerprint density at radius 1 is 1.04 bits per heavy atom. The van der Waals surface area contributed by atoms with Crippen LogP contribution in [0.25, 0.3) is 11.4 Å². The monoisotopic (exact) mass is 391 g/mol. The van der Waals surface area contributed by atoms with E-state index in [4.69, 9.17) is 0 Å². The van der Waals surface area contributed by atoms with Gasteiger partial charge in [0.15, 0.2) is 11.0 Å². The molecule has 0 unspecified atom stereocenters. The van der Waals surface area contributed by atoms with Gasteiger partial charge in [-0.3, -0.25) is 4.57 Å². The Balaban J connectivity index is 1.92. The molecule has 0 aliphatic heterocycles. The van der Waals surface area contributed by atoms with Gasteiger partial charge < -0.3 is 0 Å². The van der Waals surface area contributed by atoms with E-state index in [0.717, 1.165) is 11.1 Å². The topological polar surface area (TPSA) is 64.8 Å². The van der Waals surface area contributed by atoms with Gasteiger partial charge in [0.1, 0.15) is 15.7 Å². The third-order valence-corrected chi connectivity index (χ3v) is 5.86. The predicted molar refractivity (Wildman–Crippen MR) is 101 cm³/mol. The van der Waals surface area contributed by atoms with E-state index in [2.05, 4.69) is 10.2 Å². The van der Waals surface area contributed by atoms with Crippen LogP contribution in [-0.4, -0.2) is 40.9 Å². The molecule has 0 spiro atoms. The van der Waals surface area contributed by atoms with Crippen LogP contribution in [0.15, 0.2) is 59.8 Å². The smallest absolute Gasteiger partial charge is 0.191 e. The summed E-state index contributed by atoms with van der Waals surface area (Å²) in [5.41, 5.74) is 1.82. The first-order valence-corrected chi connectivity index (χ1v) is 11.0. The highest BCUT2D eigenvalue weighted by Gasteiger charge is 2.15. The molecule has 136 valence electrons. The van der Waals surface area contributed by atoms with Gasteiger partial charge >= 0.3 is 0 Å². The van der Waals surface area contributed by atoms with Gasteiger partial charge in [0.25, 0.3) is 0 Å². The van der Waals surface area contributed by atoms with Crippen LogP contribution in [0.4, 0.5) is 4.39 Å². The van der Waals surface area contributed by atoms with Gasteiger partial charge in [0.2, 0.25) is 0 Å². The molecule has 1 aromatic heterocycles. The fraction of sp³-hybridized carbons (Fsp3) is 0.222. The molecule has 0 atom stereocenters. The van der Waals surface area contributed by atoms with Gasteiger partial charge in [0, 0.05) is 17.6 Å². The number of sulfone groups is 1. The first-order chi connectivity index (χ1) is 12.4. The van der Waals surface area contributed by atoms with Crippen LogP contribution in [0.5, 0.6) is 0 Å². The molecule has 0 aliphatic rings.